The maximum absolute atomic E-state index is 12.3. The summed E-state index contributed by atoms with van der Waals surface area (Å²) in [6.07, 6.45) is 0. The number of Topliss-reactive ketones (excluding diaryl/α,β-unsaturated/α-hetero) is 1. The molecule has 1 N–H and O–H groups in total. The van der Waals surface area contributed by atoms with Crippen molar-refractivity contribution in [1.82, 2.24) is 5.32 Å². The van der Waals surface area contributed by atoms with Gasteiger partial charge in [-0.2, -0.15) is 0 Å². The average molecular weight is 233 g/mol. The van der Waals surface area contributed by atoms with Crippen LogP contribution >= 0.6 is 0 Å². The lowest BCUT2D eigenvalue weighted by molar-refractivity contribution is -0.132. The SMILES string of the molecule is CC(=O)N[C@@H](C(=O)C(C)(C)C)c1ccccc1. The van der Waals surface area contributed by atoms with Crippen LogP contribution in [0.25, 0.3) is 0 Å². The van der Waals surface area contributed by atoms with Gasteiger partial charge in [-0.05, 0) is 5.56 Å². The molecule has 0 bridgehead atoms. The molecule has 0 heterocycles. The molecule has 1 amide bonds. The molecule has 0 saturated carbocycles. The zero-order valence-electron chi connectivity index (χ0n) is 10.8. The molecule has 17 heavy (non-hydrogen) atoms. The minimum atomic E-state index is -0.561. The molecule has 0 unspecified atom stereocenters. The second-order valence-electron chi connectivity index (χ2n) is 5.16. The van der Waals surface area contributed by atoms with Crippen molar-refractivity contribution < 1.29 is 9.59 Å². The number of benzene rings is 1. The van der Waals surface area contributed by atoms with Crippen LogP contribution < -0.4 is 5.32 Å². The Labute approximate surface area is 102 Å². The summed E-state index contributed by atoms with van der Waals surface area (Å²) in [4.78, 5) is 23.5. The van der Waals surface area contributed by atoms with E-state index in [9.17, 15) is 9.59 Å². The Balaban J connectivity index is 3.05. The van der Waals surface area contributed by atoms with Gasteiger partial charge in [0.05, 0.1) is 0 Å². The topological polar surface area (TPSA) is 46.2 Å². The van der Waals surface area contributed by atoms with E-state index >= 15 is 0 Å². The van der Waals surface area contributed by atoms with Crippen molar-refractivity contribution in [3.63, 3.8) is 0 Å². The second kappa shape index (κ2) is 5.13. The number of ketones is 1. The third-order valence-corrected chi connectivity index (χ3v) is 2.48. The summed E-state index contributed by atoms with van der Waals surface area (Å²) in [7, 11) is 0. The van der Waals surface area contributed by atoms with Crippen molar-refractivity contribution in [1.29, 1.82) is 0 Å². The van der Waals surface area contributed by atoms with Crippen molar-refractivity contribution >= 4 is 11.7 Å². The van der Waals surface area contributed by atoms with Crippen LogP contribution in [-0.4, -0.2) is 11.7 Å². The summed E-state index contributed by atoms with van der Waals surface area (Å²) in [5.74, 6) is -0.185. The van der Waals surface area contributed by atoms with Gasteiger partial charge in [-0.25, -0.2) is 0 Å². The number of carbonyl (C=O) groups excluding carboxylic acids is 2. The molecule has 3 nitrogen and oxygen atoms in total. The number of hydrogen-bond donors (Lipinski definition) is 1. The van der Waals surface area contributed by atoms with Crippen molar-refractivity contribution in [3.05, 3.63) is 35.9 Å². The molecule has 0 aromatic heterocycles. The Morgan fingerprint density at radius 3 is 2.06 bits per heavy atom. The zero-order chi connectivity index (χ0) is 13.1. The van der Waals surface area contributed by atoms with E-state index in [2.05, 4.69) is 5.32 Å². The number of hydrogen-bond acceptors (Lipinski definition) is 2. The maximum Gasteiger partial charge on any atom is 0.217 e. The largest absolute Gasteiger partial charge is 0.342 e. The molecule has 3 heteroatoms. The Bertz CT molecular complexity index is 404. The average Bonchev–Trinajstić information content (AvgIpc) is 2.24. The highest BCUT2D eigenvalue weighted by Gasteiger charge is 2.31. The van der Waals surface area contributed by atoms with Crippen molar-refractivity contribution in [3.8, 4) is 0 Å². The summed E-state index contributed by atoms with van der Waals surface area (Å²) in [5.41, 5.74) is 0.339. The zero-order valence-corrected chi connectivity index (χ0v) is 10.8. The van der Waals surface area contributed by atoms with Crippen LogP contribution in [0, 0.1) is 5.41 Å². The van der Waals surface area contributed by atoms with E-state index in [0.29, 0.717) is 0 Å². The molecule has 0 spiro atoms. The lowest BCUT2D eigenvalue weighted by Gasteiger charge is -2.25. The van der Waals surface area contributed by atoms with Gasteiger partial charge >= 0.3 is 0 Å². The molecule has 0 aliphatic carbocycles. The van der Waals surface area contributed by atoms with Gasteiger partial charge in [0.1, 0.15) is 6.04 Å². The lowest BCUT2D eigenvalue weighted by Crippen LogP contribution is -2.38. The molecule has 0 fully saturated rings. The van der Waals surface area contributed by atoms with Crippen molar-refractivity contribution in [2.45, 2.75) is 33.7 Å². The van der Waals surface area contributed by atoms with Gasteiger partial charge in [0, 0.05) is 12.3 Å². The first-order valence-electron chi connectivity index (χ1n) is 5.68. The predicted octanol–water partition coefficient (Wildman–Crippen LogP) is 2.48. The molecule has 0 aliphatic heterocycles. The maximum atomic E-state index is 12.3. The fraction of sp³-hybridized carbons (Fsp3) is 0.429. The number of rotatable bonds is 3. The smallest absolute Gasteiger partial charge is 0.217 e. The van der Waals surface area contributed by atoms with Gasteiger partial charge in [-0.15, -0.1) is 0 Å². The molecule has 0 saturated heterocycles. The van der Waals surface area contributed by atoms with Crippen LogP contribution in [-0.2, 0) is 9.59 Å². The summed E-state index contributed by atoms with van der Waals surface area (Å²) < 4.78 is 0. The number of amides is 1. The standard InChI is InChI=1S/C14H19NO2/c1-10(16)15-12(13(17)14(2,3)4)11-8-6-5-7-9-11/h5-9,12H,1-4H3,(H,15,16)/t12-/m1/s1. The van der Waals surface area contributed by atoms with Crippen molar-refractivity contribution in [2.24, 2.45) is 5.41 Å². The van der Waals surface area contributed by atoms with Gasteiger partial charge < -0.3 is 5.32 Å². The molecule has 1 aromatic rings. The highest BCUT2D eigenvalue weighted by molar-refractivity contribution is 5.92. The molecule has 0 radical (unpaired) electrons. The van der Waals surface area contributed by atoms with Crippen LogP contribution in [0.4, 0.5) is 0 Å². The fourth-order valence-corrected chi connectivity index (χ4v) is 1.58. The first-order chi connectivity index (χ1) is 7.82. The van der Waals surface area contributed by atoms with Gasteiger partial charge in [-0.1, -0.05) is 51.1 Å². The van der Waals surface area contributed by atoms with Crippen LogP contribution in [0.5, 0.6) is 0 Å². The van der Waals surface area contributed by atoms with E-state index in [0.717, 1.165) is 5.56 Å². The first-order valence-corrected chi connectivity index (χ1v) is 5.68. The third-order valence-electron chi connectivity index (χ3n) is 2.48. The monoisotopic (exact) mass is 233 g/mol. The fourth-order valence-electron chi connectivity index (χ4n) is 1.58. The van der Waals surface area contributed by atoms with Crippen LogP contribution in [0.2, 0.25) is 0 Å². The molecule has 1 atom stereocenters. The summed E-state index contributed by atoms with van der Waals surface area (Å²) in [6, 6.07) is 8.75. The Morgan fingerprint density at radius 1 is 1.12 bits per heavy atom. The number of nitrogens with one attached hydrogen (secondary N) is 1. The van der Waals surface area contributed by atoms with E-state index in [1.165, 1.54) is 6.92 Å². The molecule has 92 valence electrons. The molecule has 0 aliphatic rings. The first kappa shape index (κ1) is 13.4. The summed E-state index contributed by atoms with van der Waals surface area (Å²) in [6.45, 7) is 6.99. The minimum Gasteiger partial charge on any atom is -0.342 e. The quantitative estimate of drug-likeness (QED) is 0.871. The van der Waals surface area contributed by atoms with Gasteiger partial charge in [0.25, 0.3) is 0 Å². The van der Waals surface area contributed by atoms with Gasteiger partial charge in [0.2, 0.25) is 5.91 Å². The lowest BCUT2D eigenvalue weighted by atomic mass is 9.84. The van der Waals surface area contributed by atoms with E-state index < -0.39 is 11.5 Å². The molecule has 1 rings (SSSR count). The van der Waals surface area contributed by atoms with Crippen LogP contribution in [0.1, 0.15) is 39.3 Å². The van der Waals surface area contributed by atoms with Crippen LogP contribution in [0.3, 0.4) is 0 Å². The predicted molar refractivity (Wildman–Crippen MR) is 67.5 cm³/mol. The normalized spacial score (nSPS) is 12.9. The third kappa shape index (κ3) is 3.70. The highest BCUT2D eigenvalue weighted by atomic mass is 16.2. The molecule has 1 aromatic carbocycles. The van der Waals surface area contributed by atoms with Gasteiger partial charge in [-0.3, -0.25) is 9.59 Å². The minimum absolute atomic E-state index is 0.0129. The summed E-state index contributed by atoms with van der Waals surface area (Å²) in [5, 5.41) is 2.71. The second-order valence-corrected chi connectivity index (χ2v) is 5.16. The summed E-state index contributed by atoms with van der Waals surface area (Å²) >= 11 is 0. The van der Waals surface area contributed by atoms with Crippen LogP contribution in [0.15, 0.2) is 30.3 Å². The Morgan fingerprint density at radius 2 is 1.65 bits per heavy atom. The Kier molecular flexibility index (Phi) is 4.05. The van der Waals surface area contributed by atoms with E-state index in [4.69, 9.17) is 0 Å². The molecular formula is C14H19NO2. The highest BCUT2D eigenvalue weighted by Crippen LogP contribution is 2.25. The van der Waals surface area contributed by atoms with E-state index in [1.807, 2.05) is 51.1 Å². The van der Waals surface area contributed by atoms with Crippen molar-refractivity contribution in [2.75, 3.05) is 0 Å². The van der Waals surface area contributed by atoms with E-state index in [-0.39, 0.29) is 11.7 Å². The van der Waals surface area contributed by atoms with Gasteiger partial charge in [0.15, 0.2) is 5.78 Å². The molecular weight excluding hydrogens is 214 g/mol. The van der Waals surface area contributed by atoms with E-state index in [1.54, 1.807) is 0 Å². The Hall–Kier alpha value is -1.64. The number of carbonyl (C=O) groups is 2.